The maximum atomic E-state index is 10.4. The topological polar surface area (TPSA) is 55.1 Å². The zero-order valence-corrected chi connectivity index (χ0v) is 9.76. The van der Waals surface area contributed by atoms with E-state index in [-0.39, 0.29) is 6.42 Å². The summed E-state index contributed by atoms with van der Waals surface area (Å²) in [5.74, 6) is -0.817. The molecule has 0 fully saturated rings. The summed E-state index contributed by atoms with van der Waals surface area (Å²) in [6.45, 7) is 0. The summed E-state index contributed by atoms with van der Waals surface area (Å²) in [4.78, 5) is 14.6. The molecule has 0 atom stereocenters. The standard InChI is InChI=1S/C12H11ClN2O2/c13-9-2-1-3-11(6-9)15-7-10(14-8-15)4-5-12(16)17/h1-3,6-8H,4-5H2,(H,16,17). The molecule has 5 heteroatoms. The van der Waals surface area contributed by atoms with Gasteiger partial charge in [-0.25, -0.2) is 4.98 Å². The van der Waals surface area contributed by atoms with Gasteiger partial charge in [-0.1, -0.05) is 17.7 Å². The number of aryl methyl sites for hydroxylation is 1. The summed E-state index contributed by atoms with van der Waals surface area (Å²) in [5.41, 5.74) is 1.67. The highest BCUT2D eigenvalue weighted by Gasteiger charge is 2.04. The third kappa shape index (κ3) is 3.07. The van der Waals surface area contributed by atoms with E-state index in [4.69, 9.17) is 16.7 Å². The second kappa shape index (κ2) is 5.01. The van der Waals surface area contributed by atoms with Crippen molar-refractivity contribution in [3.63, 3.8) is 0 Å². The van der Waals surface area contributed by atoms with Gasteiger partial charge in [0, 0.05) is 23.3 Å². The van der Waals surface area contributed by atoms with Gasteiger partial charge in [0.2, 0.25) is 0 Å². The van der Waals surface area contributed by atoms with Gasteiger partial charge in [0.05, 0.1) is 18.4 Å². The van der Waals surface area contributed by atoms with Crippen molar-refractivity contribution < 1.29 is 9.90 Å². The first-order valence-electron chi connectivity index (χ1n) is 5.16. The molecule has 0 aliphatic heterocycles. The molecule has 4 nitrogen and oxygen atoms in total. The van der Waals surface area contributed by atoms with Crippen molar-refractivity contribution in [1.29, 1.82) is 0 Å². The van der Waals surface area contributed by atoms with Crippen LogP contribution in [0.3, 0.4) is 0 Å². The molecule has 0 aliphatic rings. The molecule has 0 bridgehead atoms. The lowest BCUT2D eigenvalue weighted by atomic mass is 10.2. The fourth-order valence-corrected chi connectivity index (χ4v) is 1.69. The number of rotatable bonds is 4. The van der Waals surface area contributed by atoms with Crippen molar-refractivity contribution in [1.82, 2.24) is 9.55 Å². The largest absolute Gasteiger partial charge is 0.481 e. The third-order valence-corrected chi connectivity index (χ3v) is 2.57. The Morgan fingerprint density at radius 3 is 3.00 bits per heavy atom. The number of benzene rings is 1. The third-order valence-electron chi connectivity index (χ3n) is 2.34. The van der Waals surface area contributed by atoms with E-state index >= 15 is 0 Å². The van der Waals surface area contributed by atoms with Gasteiger partial charge in [-0.15, -0.1) is 0 Å². The van der Waals surface area contributed by atoms with Gasteiger partial charge in [-0.2, -0.15) is 0 Å². The molecule has 0 aliphatic carbocycles. The molecule has 1 aromatic carbocycles. The molecule has 1 N–H and O–H groups in total. The molecule has 17 heavy (non-hydrogen) atoms. The molecule has 0 saturated carbocycles. The Labute approximate surface area is 103 Å². The van der Waals surface area contributed by atoms with Crippen LogP contribution in [0.15, 0.2) is 36.8 Å². The Morgan fingerprint density at radius 1 is 1.47 bits per heavy atom. The summed E-state index contributed by atoms with van der Waals surface area (Å²) in [6, 6.07) is 7.39. The molecule has 0 amide bonds. The molecule has 2 aromatic rings. The number of nitrogens with zero attached hydrogens (tertiary/aromatic N) is 2. The second-order valence-corrected chi connectivity index (χ2v) is 4.08. The minimum atomic E-state index is -0.817. The van der Waals surface area contributed by atoms with Gasteiger partial charge in [-0.05, 0) is 18.2 Å². The molecule has 0 unspecified atom stereocenters. The number of hydrogen-bond acceptors (Lipinski definition) is 2. The molecular formula is C12H11ClN2O2. The first kappa shape index (κ1) is 11.7. The Kier molecular flexibility index (Phi) is 3.44. The summed E-state index contributed by atoms with van der Waals surface area (Å²) in [6.07, 6.45) is 3.99. The van der Waals surface area contributed by atoms with Crippen LogP contribution < -0.4 is 0 Å². The van der Waals surface area contributed by atoms with Crippen molar-refractivity contribution in [2.45, 2.75) is 12.8 Å². The van der Waals surface area contributed by atoms with Crippen molar-refractivity contribution in [3.8, 4) is 5.69 Å². The smallest absolute Gasteiger partial charge is 0.303 e. The highest BCUT2D eigenvalue weighted by Crippen LogP contribution is 2.15. The minimum absolute atomic E-state index is 0.0898. The molecule has 88 valence electrons. The summed E-state index contributed by atoms with van der Waals surface area (Å²) in [7, 11) is 0. The average Bonchev–Trinajstić information content (AvgIpc) is 2.75. The van der Waals surface area contributed by atoms with Crippen LogP contribution in [0.5, 0.6) is 0 Å². The van der Waals surface area contributed by atoms with Gasteiger partial charge in [-0.3, -0.25) is 4.79 Å². The lowest BCUT2D eigenvalue weighted by Gasteiger charge is -2.01. The number of carboxylic acids is 1. The van der Waals surface area contributed by atoms with E-state index in [1.807, 2.05) is 29.0 Å². The van der Waals surface area contributed by atoms with Crippen molar-refractivity contribution in [2.75, 3.05) is 0 Å². The summed E-state index contributed by atoms with van der Waals surface area (Å²) >= 11 is 5.89. The van der Waals surface area contributed by atoms with E-state index in [1.165, 1.54) is 0 Å². The van der Waals surface area contributed by atoms with Crippen LogP contribution in [0, 0.1) is 0 Å². The number of halogens is 1. The van der Waals surface area contributed by atoms with Gasteiger partial charge in [0.25, 0.3) is 0 Å². The van der Waals surface area contributed by atoms with E-state index in [2.05, 4.69) is 4.98 Å². The molecule has 0 saturated heterocycles. The van der Waals surface area contributed by atoms with E-state index in [0.29, 0.717) is 11.4 Å². The van der Waals surface area contributed by atoms with Gasteiger partial charge >= 0.3 is 5.97 Å². The first-order chi connectivity index (χ1) is 8.15. The second-order valence-electron chi connectivity index (χ2n) is 3.65. The fourth-order valence-electron chi connectivity index (χ4n) is 1.51. The van der Waals surface area contributed by atoms with Crippen molar-refractivity contribution in [2.24, 2.45) is 0 Å². The first-order valence-corrected chi connectivity index (χ1v) is 5.53. The van der Waals surface area contributed by atoms with Crippen LogP contribution in [0.1, 0.15) is 12.1 Å². The lowest BCUT2D eigenvalue weighted by molar-refractivity contribution is -0.136. The molecular weight excluding hydrogens is 240 g/mol. The minimum Gasteiger partial charge on any atom is -0.481 e. The Balaban J connectivity index is 2.15. The van der Waals surface area contributed by atoms with E-state index < -0.39 is 5.97 Å². The van der Waals surface area contributed by atoms with Crippen LogP contribution in [0.25, 0.3) is 5.69 Å². The average molecular weight is 251 g/mol. The van der Waals surface area contributed by atoms with Crippen LogP contribution in [0.4, 0.5) is 0 Å². The number of carboxylic acid groups (broad SMARTS) is 1. The number of aromatic nitrogens is 2. The van der Waals surface area contributed by atoms with Gasteiger partial charge in [0.1, 0.15) is 0 Å². The SMILES string of the molecule is O=C(O)CCc1cn(-c2cccc(Cl)c2)cn1. The van der Waals surface area contributed by atoms with E-state index in [1.54, 1.807) is 12.4 Å². The number of carbonyl (C=O) groups is 1. The maximum absolute atomic E-state index is 10.4. The van der Waals surface area contributed by atoms with E-state index in [9.17, 15) is 4.79 Å². The Hall–Kier alpha value is -1.81. The van der Waals surface area contributed by atoms with Gasteiger partial charge < -0.3 is 9.67 Å². The predicted octanol–water partition coefficient (Wildman–Crippen LogP) is 2.54. The molecule has 0 radical (unpaired) electrons. The number of imidazole rings is 1. The lowest BCUT2D eigenvalue weighted by Crippen LogP contribution is -1.97. The Morgan fingerprint density at radius 2 is 2.29 bits per heavy atom. The van der Waals surface area contributed by atoms with Crippen molar-refractivity contribution in [3.05, 3.63) is 47.5 Å². The van der Waals surface area contributed by atoms with E-state index in [0.717, 1.165) is 11.4 Å². The number of hydrogen-bond donors (Lipinski definition) is 1. The van der Waals surface area contributed by atoms with Crippen LogP contribution in [-0.2, 0) is 11.2 Å². The zero-order valence-electron chi connectivity index (χ0n) is 9.01. The number of aliphatic carboxylic acids is 1. The maximum Gasteiger partial charge on any atom is 0.303 e. The molecule has 0 spiro atoms. The van der Waals surface area contributed by atoms with Crippen LogP contribution in [0.2, 0.25) is 5.02 Å². The Bertz CT molecular complexity index is 537. The normalized spacial score (nSPS) is 10.4. The molecule has 1 heterocycles. The summed E-state index contributed by atoms with van der Waals surface area (Å²) in [5, 5.41) is 9.24. The van der Waals surface area contributed by atoms with Crippen LogP contribution >= 0.6 is 11.6 Å². The monoisotopic (exact) mass is 250 g/mol. The van der Waals surface area contributed by atoms with Gasteiger partial charge in [0.15, 0.2) is 0 Å². The predicted molar refractivity (Wildman–Crippen MR) is 64.5 cm³/mol. The molecule has 1 aromatic heterocycles. The highest BCUT2D eigenvalue weighted by atomic mass is 35.5. The highest BCUT2D eigenvalue weighted by molar-refractivity contribution is 6.30. The zero-order chi connectivity index (χ0) is 12.3. The molecule has 2 rings (SSSR count). The fraction of sp³-hybridized carbons (Fsp3) is 0.167. The quantitative estimate of drug-likeness (QED) is 0.907. The van der Waals surface area contributed by atoms with Crippen LogP contribution in [-0.4, -0.2) is 20.6 Å². The van der Waals surface area contributed by atoms with Crippen molar-refractivity contribution >= 4 is 17.6 Å². The summed E-state index contributed by atoms with van der Waals surface area (Å²) < 4.78 is 1.82.